The maximum Gasteiger partial charge on any atom is 0.405 e. The molecule has 0 spiro atoms. The van der Waals surface area contributed by atoms with Gasteiger partial charge in [0.05, 0.1) is 6.04 Å². The third-order valence-electron chi connectivity index (χ3n) is 4.29. The van der Waals surface area contributed by atoms with Crippen molar-refractivity contribution in [2.45, 2.75) is 25.5 Å². The molecule has 26 heavy (non-hydrogen) atoms. The minimum absolute atomic E-state index is 0.217. The third kappa shape index (κ3) is 4.03. The molecule has 2 atom stereocenters. The summed E-state index contributed by atoms with van der Waals surface area (Å²) in [6.07, 6.45) is 0.0752. The van der Waals surface area contributed by atoms with Crippen LogP contribution in [0.5, 0.6) is 0 Å². The summed E-state index contributed by atoms with van der Waals surface area (Å²) in [6.45, 7) is 1.88. The van der Waals surface area contributed by atoms with Crippen molar-refractivity contribution >= 4 is 22.9 Å². The lowest BCUT2D eigenvalue weighted by molar-refractivity contribution is -0.130. The smallest absolute Gasteiger partial charge is 0.405 e. The zero-order valence-corrected chi connectivity index (χ0v) is 14.4. The van der Waals surface area contributed by atoms with Gasteiger partial charge in [-0.3, -0.25) is 4.79 Å². The van der Waals surface area contributed by atoms with Crippen LogP contribution in [0.3, 0.4) is 0 Å². The predicted molar refractivity (Wildman–Crippen MR) is 99.5 cm³/mol. The summed E-state index contributed by atoms with van der Waals surface area (Å²) in [7, 11) is 0. The van der Waals surface area contributed by atoms with Gasteiger partial charge in [-0.1, -0.05) is 48.5 Å². The Balaban J connectivity index is 1.77. The number of aromatic nitrogens is 1. The molecule has 1 aromatic heterocycles. The Bertz CT molecular complexity index is 905. The number of rotatable bonds is 6. The maximum atomic E-state index is 12.7. The van der Waals surface area contributed by atoms with Crippen LogP contribution in [0.25, 0.3) is 10.9 Å². The van der Waals surface area contributed by atoms with Crippen LogP contribution in [-0.2, 0) is 16.0 Å². The molecule has 0 saturated heterocycles. The van der Waals surface area contributed by atoms with Crippen LogP contribution < -0.4 is 11.1 Å². The van der Waals surface area contributed by atoms with Crippen molar-refractivity contribution in [1.29, 1.82) is 0 Å². The standard InChI is InChI=1S/C20H21N3O3/c1-13(14-7-3-2-4-8-14)23-19(24)18(26-20(21)25)11-15-12-22-17-10-6-5-9-16(15)17/h2-10,12-13,18,22H,11H2,1H3,(H2,21,25)(H,23,24). The monoisotopic (exact) mass is 351 g/mol. The van der Waals surface area contributed by atoms with E-state index in [2.05, 4.69) is 10.3 Å². The lowest BCUT2D eigenvalue weighted by atomic mass is 10.0. The van der Waals surface area contributed by atoms with Crippen molar-refractivity contribution in [3.8, 4) is 0 Å². The van der Waals surface area contributed by atoms with Crippen LogP contribution >= 0.6 is 0 Å². The molecular formula is C20H21N3O3. The number of nitrogens with one attached hydrogen (secondary N) is 2. The molecule has 0 saturated carbocycles. The first kappa shape index (κ1) is 17.5. The predicted octanol–water partition coefficient (Wildman–Crippen LogP) is 3.05. The normalized spacial score (nSPS) is 13.1. The largest absolute Gasteiger partial charge is 0.436 e. The van der Waals surface area contributed by atoms with E-state index in [9.17, 15) is 9.59 Å². The zero-order chi connectivity index (χ0) is 18.5. The summed E-state index contributed by atoms with van der Waals surface area (Å²) in [4.78, 5) is 27.1. The lowest BCUT2D eigenvalue weighted by Gasteiger charge is -2.20. The lowest BCUT2D eigenvalue weighted by Crippen LogP contribution is -2.41. The molecule has 2 unspecified atom stereocenters. The van der Waals surface area contributed by atoms with Gasteiger partial charge in [0, 0.05) is 23.5 Å². The highest BCUT2D eigenvalue weighted by atomic mass is 16.6. The van der Waals surface area contributed by atoms with E-state index in [0.717, 1.165) is 22.0 Å². The van der Waals surface area contributed by atoms with Crippen LogP contribution in [0, 0.1) is 0 Å². The molecule has 0 bridgehead atoms. The molecule has 4 N–H and O–H groups in total. The van der Waals surface area contributed by atoms with Crippen LogP contribution in [0.15, 0.2) is 60.8 Å². The highest BCUT2D eigenvalue weighted by Gasteiger charge is 2.25. The molecule has 3 rings (SSSR count). The molecule has 0 fully saturated rings. The van der Waals surface area contributed by atoms with Gasteiger partial charge in [0.2, 0.25) is 0 Å². The average molecular weight is 351 g/mol. The molecule has 2 aromatic carbocycles. The van der Waals surface area contributed by atoms with Gasteiger partial charge in [-0.15, -0.1) is 0 Å². The van der Waals surface area contributed by atoms with Gasteiger partial charge in [-0.25, -0.2) is 4.79 Å². The quantitative estimate of drug-likeness (QED) is 0.637. The molecule has 0 aliphatic carbocycles. The number of fused-ring (bicyclic) bond motifs is 1. The van der Waals surface area contributed by atoms with Gasteiger partial charge < -0.3 is 20.8 Å². The van der Waals surface area contributed by atoms with Crippen LogP contribution in [0.4, 0.5) is 4.79 Å². The molecule has 6 nitrogen and oxygen atoms in total. The van der Waals surface area contributed by atoms with Crippen LogP contribution in [0.1, 0.15) is 24.1 Å². The van der Waals surface area contributed by atoms with Crippen molar-refractivity contribution in [2.75, 3.05) is 0 Å². The van der Waals surface area contributed by atoms with Crippen molar-refractivity contribution in [1.82, 2.24) is 10.3 Å². The number of carbonyl (C=O) groups excluding carboxylic acids is 2. The summed E-state index contributed by atoms with van der Waals surface area (Å²) in [5, 5.41) is 3.86. The number of para-hydroxylation sites is 1. The van der Waals surface area contributed by atoms with Crippen LogP contribution in [-0.4, -0.2) is 23.1 Å². The maximum absolute atomic E-state index is 12.7. The number of benzene rings is 2. The van der Waals surface area contributed by atoms with Crippen molar-refractivity contribution < 1.29 is 14.3 Å². The third-order valence-corrected chi connectivity index (χ3v) is 4.29. The topological polar surface area (TPSA) is 97.2 Å². The number of amides is 2. The van der Waals surface area contributed by atoms with Crippen LogP contribution in [0.2, 0.25) is 0 Å². The van der Waals surface area contributed by atoms with Gasteiger partial charge in [0.1, 0.15) is 0 Å². The van der Waals surface area contributed by atoms with E-state index < -0.39 is 12.2 Å². The first-order chi connectivity index (χ1) is 12.5. The fraction of sp³-hybridized carbons (Fsp3) is 0.200. The molecule has 3 aromatic rings. The number of H-pyrrole nitrogens is 1. The Morgan fingerprint density at radius 2 is 1.81 bits per heavy atom. The molecule has 0 aliphatic heterocycles. The Hall–Kier alpha value is -3.28. The Morgan fingerprint density at radius 3 is 2.54 bits per heavy atom. The van der Waals surface area contributed by atoms with E-state index in [0.29, 0.717) is 0 Å². The van der Waals surface area contributed by atoms with Crippen molar-refractivity contribution in [3.63, 3.8) is 0 Å². The van der Waals surface area contributed by atoms with Gasteiger partial charge in [0.15, 0.2) is 6.10 Å². The van der Waals surface area contributed by atoms with Gasteiger partial charge in [-0.2, -0.15) is 0 Å². The number of ether oxygens (including phenoxy) is 1. The molecule has 2 amide bonds. The number of primary amides is 1. The van der Waals surface area contributed by atoms with Gasteiger partial charge in [0.25, 0.3) is 5.91 Å². The summed E-state index contributed by atoms with van der Waals surface area (Å²) >= 11 is 0. The van der Waals surface area contributed by atoms with E-state index in [-0.39, 0.29) is 18.4 Å². The second kappa shape index (κ2) is 7.74. The van der Waals surface area contributed by atoms with Gasteiger partial charge >= 0.3 is 6.09 Å². The fourth-order valence-corrected chi connectivity index (χ4v) is 2.96. The molecule has 134 valence electrons. The van der Waals surface area contributed by atoms with E-state index in [1.807, 2.05) is 67.7 Å². The summed E-state index contributed by atoms with van der Waals surface area (Å²) in [5.41, 5.74) is 7.97. The number of aromatic amines is 1. The highest BCUT2D eigenvalue weighted by molar-refractivity contribution is 5.87. The Morgan fingerprint density at radius 1 is 1.12 bits per heavy atom. The molecule has 6 heteroatoms. The van der Waals surface area contributed by atoms with E-state index in [4.69, 9.17) is 10.5 Å². The molecule has 1 heterocycles. The number of nitrogens with two attached hydrogens (primary N) is 1. The van der Waals surface area contributed by atoms with Crippen molar-refractivity contribution in [2.24, 2.45) is 5.73 Å². The summed E-state index contributed by atoms with van der Waals surface area (Å²) in [5.74, 6) is -0.384. The highest BCUT2D eigenvalue weighted by Crippen LogP contribution is 2.20. The van der Waals surface area contributed by atoms with E-state index in [1.54, 1.807) is 0 Å². The molecule has 0 radical (unpaired) electrons. The molecule has 0 aliphatic rings. The number of hydrogen-bond donors (Lipinski definition) is 3. The minimum Gasteiger partial charge on any atom is -0.436 e. The Kier molecular flexibility index (Phi) is 5.22. The zero-order valence-electron chi connectivity index (χ0n) is 14.4. The van der Waals surface area contributed by atoms with E-state index in [1.165, 1.54) is 0 Å². The number of hydrogen-bond acceptors (Lipinski definition) is 3. The minimum atomic E-state index is -1.00. The summed E-state index contributed by atoms with van der Waals surface area (Å²) < 4.78 is 5.08. The van der Waals surface area contributed by atoms with Gasteiger partial charge in [-0.05, 0) is 24.1 Å². The second-order valence-electron chi connectivity index (χ2n) is 6.13. The second-order valence-corrected chi connectivity index (χ2v) is 6.13. The molecular weight excluding hydrogens is 330 g/mol. The fourth-order valence-electron chi connectivity index (χ4n) is 2.96. The van der Waals surface area contributed by atoms with E-state index >= 15 is 0 Å². The summed E-state index contributed by atoms with van der Waals surface area (Å²) in [6, 6.07) is 17.1. The number of carbonyl (C=O) groups is 2. The first-order valence-electron chi connectivity index (χ1n) is 8.41. The SMILES string of the molecule is CC(NC(=O)C(Cc1c[nH]c2ccccc12)OC(N)=O)c1ccccc1. The first-order valence-corrected chi connectivity index (χ1v) is 8.41. The Labute approximate surface area is 151 Å². The average Bonchev–Trinajstić information content (AvgIpc) is 3.04. The van der Waals surface area contributed by atoms with Crippen molar-refractivity contribution in [3.05, 3.63) is 71.9 Å².